The fourth-order valence-electron chi connectivity index (χ4n) is 2.66. The van der Waals surface area contributed by atoms with E-state index in [1.807, 2.05) is 4.90 Å². The maximum Gasteiger partial charge on any atom is 0.416 e. The Bertz CT molecular complexity index is 565. The average Bonchev–Trinajstić information content (AvgIpc) is 2.44. The molecule has 1 saturated heterocycles. The zero-order valence-electron chi connectivity index (χ0n) is 14.1. The molecule has 0 saturated carbocycles. The topological polar surface area (TPSA) is 41.6 Å². The summed E-state index contributed by atoms with van der Waals surface area (Å²) in [5, 5.41) is 2.83. The minimum absolute atomic E-state index is 0.0871. The quantitative estimate of drug-likeness (QED) is 0.874. The van der Waals surface area contributed by atoms with Crippen LogP contribution >= 0.6 is 0 Å². The molecule has 0 aromatic heterocycles. The molecule has 0 spiro atoms. The van der Waals surface area contributed by atoms with Gasteiger partial charge in [0.05, 0.1) is 5.56 Å². The van der Waals surface area contributed by atoms with Gasteiger partial charge in [0.25, 0.3) is 0 Å². The van der Waals surface area contributed by atoms with E-state index in [4.69, 9.17) is 4.74 Å². The third-order valence-electron chi connectivity index (χ3n) is 3.70. The molecular formula is C17H23F3N2O2. The molecule has 134 valence electrons. The Morgan fingerprint density at radius 1 is 1.21 bits per heavy atom. The molecule has 1 aromatic carbocycles. The average molecular weight is 344 g/mol. The van der Waals surface area contributed by atoms with Crippen molar-refractivity contribution in [3.05, 3.63) is 29.8 Å². The molecule has 4 nitrogen and oxygen atoms in total. The van der Waals surface area contributed by atoms with Crippen LogP contribution in [0.15, 0.2) is 24.3 Å². The van der Waals surface area contributed by atoms with Gasteiger partial charge >= 0.3 is 12.3 Å². The number of hydrogen-bond donors (Lipinski definition) is 1. The van der Waals surface area contributed by atoms with Crippen LogP contribution in [0.3, 0.4) is 0 Å². The second-order valence-corrected chi connectivity index (χ2v) is 6.98. The molecule has 1 heterocycles. The Kier molecular flexibility index (Phi) is 5.30. The lowest BCUT2D eigenvalue weighted by atomic mass is 10.0. The zero-order chi connectivity index (χ0) is 18.0. The Morgan fingerprint density at radius 2 is 1.83 bits per heavy atom. The van der Waals surface area contributed by atoms with Crippen molar-refractivity contribution in [1.82, 2.24) is 5.32 Å². The predicted molar refractivity (Wildman–Crippen MR) is 86.0 cm³/mol. The summed E-state index contributed by atoms with van der Waals surface area (Å²) in [4.78, 5) is 13.8. The molecule has 0 unspecified atom stereocenters. The number of piperidine rings is 1. The third kappa shape index (κ3) is 5.32. The number of nitrogens with one attached hydrogen (secondary N) is 1. The summed E-state index contributed by atoms with van der Waals surface area (Å²) in [7, 11) is 0. The van der Waals surface area contributed by atoms with E-state index >= 15 is 0 Å². The normalized spacial score (nSPS) is 19.1. The highest BCUT2D eigenvalue weighted by atomic mass is 19.4. The lowest BCUT2D eigenvalue weighted by Gasteiger charge is -2.35. The first kappa shape index (κ1) is 18.4. The van der Waals surface area contributed by atoms with E-state index in [0.29, 0.717) is 6.54 Å². The van der Waals surface area contributed by atoms with Gasteiger partial charge in [-0.2, -0.15) is 13.2 Å². The summed E-state index contributed by atoms with van der Waals surface area (Å²) in [6, 6.07) is 5.02. The Hall–Kier alpha value is -1.92. The molecule has 0 bridgehead atoms. The highest BCUT2D eigenvalue weighted by Crippen LogP contribution is 2.31. The molecule has 1 aliphatic heterocycles. The van der Waals surface area contributed by atoms with Crippen molar-refractivity contribution >= 4 is 11.8 Å². The first-order valence-electron chi connectivity index (χ1n) is 7.96. The number of benzene rings is 1. The molecule has 1 fully saturated rings. The third-order valence-corrected chi connectivity index (χ3v) is 3.70. The van der Waals surface area contributed by atoms with Gasteiger partial charge in [-0.05, 0) is 57.9 Å². The Labute approximate surface area is 140 Å². The van der Waals surface area contributed by atoms with Crippen molar-refractivity contribution in [2.45, 2.75) is 51.4 Å². The van der Waals surface area contributed by atoms with Crippen LogP contribution in [-0.2, 0) is 10.9 Å². The smallest absolute Gasteiger partial charge is 0.416 e. The molecule has 1 N–H and O–H groups in total. The number of alkyl carbamates (subject to hydrolysis) is 1. The van der Waals surface area contributed by atoms with Crippen molar-refractivity contribution in [2.24, 2.45) is 0 Å². The number of carbonyl (C=O) groups excluding carboxylic acids is 1. The maximum absolute atomic E-state index is 12.6. The van der Waals surface area contributed by atoms with Crippen LogP contribution in [0, 0.1) is 0 Å². The zero-order valence-corrected chi connectivity index (χ0v) is 14.1. The summed E-state index contributed by atoms with van der Waals surface area (Å²) < 4.78 is 43.1. The fraction of sp³-hybridized carbons (Fsp3) is 0.588. The summed E-state index contributed by atoms with van der Waals surface area (Å²) in [6.45, 7) is 6.67. The number of hydrogen-bond acceptors (Lipinski definition) is 3. The van der Waals surface area contributed by atoms with Gasteiger partial charge in [-0.3, -0.25) is 0 Å². The molecule has 0 aliphatic carbocycles. The molecule has 2 rings (SSSR count). The standard InChI is InChI=1S/C17H23F3N2O2/c1-16(2,3)24-15(23)21-13-5-4-10-22(11-13)14-8-6-12(7-9-14)17(18,19)20/h6-9,13H,4-5,10-11H2,1-3H3,(H,21,23)/t13-/m1/s1. The summed E-state index contributed by atoms with van der Waals surface area (Å²) in [5.41, 5.74) is -0.503. The monoisotopic (exact) mass is 344 g/mol. The van der Waals surface area contributed by atoms with Gasteiger partial charge in [0, 0.05) is 24.8 Å². The number of carbonyl (C=O) groups is 1. The van der Waals surface area contributed by atoms with Crippen LogP contribution in [0.2, 0.25) is 0 Å². The second kappa shape index (κ2) is 6.91. The molecule has 0 radical (unpaired) electrons. The Morgan fingerprint density at radius 3 is 2.38 bits per heavy atom. The van der Waals surface area contributed by atoms with Gasteiger partial charge in [-0.25, -0.2) is 4.79 Å². The van der Waals surface area contributed by atoms with Crippen LogP contribution < -0.4 is 10.2 Å². The molecule has 1 aliphatic rings. The van der Waals surface area contributed by atoms with Crippen molar-refractivity contribution in [3.63, 3.8) is 0 Å². The SMILES string of the molecule is CC(C)(C)OC(=O)N[C@@H]1CCCN(c2ccc(C(F)(F)F)cc2)C1. The van der Waals surface area contributed by atoms with Gasteiger partial charge < -0.3 is 15.0 Å². The highest BCUT2D eigenvalue weighted by molar-refractivity contribution is 5.68. The summed E-state index contributed by atoms with van der Waals surface area (Å²) in [6.07, 6.45) is -3.14. The van der Waals surface area contributed by atoms with E-state index in [1.165, 1.54) is 12.1 Å². The second-order valence-electron chi connectivity index (χ2n) is 6.98. The van der Waals surface area contributed by atoms with Crippen molar-refractivity contribution < 1.29 is 22.7 Å². The van der Waals surface area contributed by atoms with Crippen LogP contribution in [-0.4, -0.2) is 30.8 Å². The van der Waals surface area contributed by atoms with Crippen LogP contribution in [0.1, 0.15) is 39.2 Å². The molecule has 1 amide bonds. The van der Waals surface area contributed by atoms with Gasteiger partial charge in [0.1, 0.15) is 5.60 Å². The van der Waals surface area contributed by atoms with Gasteiger partial charge in [-0.1, -0.05) is 0 Å². The first-order chi connectivity index (χ1) is 11.0. The number of halogens is 3. The van der Waals surface area contributed by atoms with Gasteiger partial charge in [0.15, 0.2) is 0 Å². The molecule has 1 atom stereocenters. The van der Waals surface area contributed by atoms with E-state index in [9.17, 15) is 18.0 Å². The van der Waals surface area contributed by atoms with E-state index < -0.39 is 23.4 Å². The van der Waals surface area contributed by atoms with E-state index in [0.717, 1.165) is 37.2 Å². The lowest BCUT2D eigenvalue weighted by molar-refractivity contribution is -0.137. The molecule has 24 heavy (non-hydrogen) atoms. The van der Waals surface area contributed by atoms with Crippen LogP contribution in [0.25, 0.3) is 0 Å². The molecule has 7 heteroatoms. The fourth-order valence-corrected chi connectivity index (χ4v) is 2.66. The Balaban J connectivity index is 1.96. The van der Waals surface area contributed by atoms with E-state index in [-0.39, 0.29) is 6.04 Å². The minimum atomic E-state index is -4.33. The number of anilines is 1. The molecule has 1 aromatic rings. The summed E-state index contributed by atoms with van der Waals surface area (Å²) in [5.74, 6) is 0. The number of amides is 1. The number of nitrogens with zero attached hydrogens (tertiary/aromatic N) is 1. The van der Waals surface area contributed by atoms with Crippen LogP contribution in [0.4, 0.5) is 23.7 Å². The highest BCUT2D eigenvalue weighted by Gasteiger charge is 2.30. The predicted octanol–water partition coefficient (Wildman–Crippen LogP) is 4.20. The largest absolute Gasteiger partial charge is 0.444 e. The molecular weight excluding hydrogens is 321 g/mol. The number of ether oxygens (including phenoxy) is 1. The first-order valence-corrected chi connectivity index (χ1v) is 7.96. The lowest BCUT2D eigenvalue weighted by Crippen LogP contribution is -2.49. The maximum atomic E-state index is 12.6. The van der Waals surface area contributed by atoms with Crippen LogP contribution in [0.5, 0.6) is 0 Å². The van der Waals surface area contributed by atoms with Crippen molar-refractivity contribution in [1.29, 1.82) is 0 Å². The van der Waals surface area contributed by atoms with E-state index in [2.05, 4.69) is 5.32 Å². The number of alkyl halides is 3. The minimum Gasteiger partial charge on any atom is -0.444 e. The number of rotatable bonds is 2. The summed E-state index contributed by atoms with van der Waals surface area (Å²) >= 11 is 0. The van der Waals surface area contributed by atoms with E-state index in [1.54, 1.807) is 20.8 Å². The van der Waals surface area contributed by atoms with Crippen molar-refractivity contribution in [3.8, 4) is 0 Å². The van der Waals surface area contributed by atoms with Gasteiger partial charge in [-0.15, -0.1) is 0 Å². The van der Waals surface area contributed by atoms with Gasteiger partial charge in [0.2, 0.25) is 0 Å². The van der Waals surface area contributed by atoms with Crippen molar-refractivity contribution in [2.75, 3.05) is 18.0 Å².